The second-order valence-electron chi connectivity index (χ2n) is 7.97. The molecule has 1 aliphatic heterocycles. The van der Waals surface area contributed by atoms with Crippen LogP contribution in [0.25, 0.3) is 23.0 Å². The number of rotatable bonds is 5. The molecule has 0 saturated heterocycles. The van der Waals surface area contributed by atoms with E-state index in [1.165, 1.54) is 23.4 Å². The summed E-state index contributed by atoms with van der Waals surface area (Å²) in [6.45, 7) is 1.85. The average molecular weight is 479 g/mol. The van der Waals surface area contributed by atoms with Crippen molar-refractivity contribution in [3.05, 3.63) is 65.9 Å². The van der Waals surface area contributed by atoms with E-state index < -0.39 is 10.0 Å². The van der Waals surface area contributed by atoms with Gasteiger partial charge in [0.2, 0.25) is 21.8 Å². The van der Waals surface area contributed by atoms with Gasteiger partial charge in [-0.3, -0.25) is 9.48 Å². The monoisotopic (exact) mass is 478 g/mol. The molecule has 174 valence electrons. The van der Waals surface area contributed by atoms with Gasteiger partial charge in [0, 0.05) is 56.0 Å². The Kier molecular flexibility index (Phi) is 5.50. The number of amides is 1. The van der Waals surface area contributed by atoms with E-state index in [1.54, 1.807) is 16.8 Å². The lowest BCUT2D eigenvalue weighted by Crippen LogP contribution is -2.36. The first-order valence-electron chi connectivity index (χ1n) is 10.6. The minimum absolute atomic E-state index is 0.136. The van der Waals surface area contributed by atoms with E-state index in [0.29, 0.717) is 30.2 Å². The lowest BCUT2D eigenvalue weighted by Gasteiger charge is -2.26. The fraction of sp³-hybridized carbons (Fsp3) is 0.217. The Bertz CT molecular complexity index is 1460. The molecule has 3 heterocycles. The molecule has 2 aromatic carbocycles. The van der Waals surface area contributed by atoms with Gasteiger partial charge in [0.05, 0.1) is 4.90 Å². The number of aromatic nitrogens is 4. The number of sulfonamides is 1. The molecule has 1 aliphatic rings. The molecule has 0 spiro atoms. The molecule has 0 fully saturated rings. The summed E-state index contributed by atoms with van der Waals surface area (Å²) in [5, 5.41) is 15.5. The van der Waals surface area contributed by atoms with Crippen molar-refractivity contribution >= 4 is 21.6 Å². The zero-order valence-corrected chi connectivity index (χ0v) is 19.4. The summed E-state index contributed by atoms with van der Waals surface area (Å²) in [6.07, 6.45) is 0.502. The van der Waals surface area contributed by atoms with Crippen molar-refractivity contribution in [2.24, 2.45) is 7.05 Å². The number of hydrogen-bond acceptors (Lipinski definition) is 7. The summed E-state index contributed by atoms with van der Waals surface area (Å²) < 4.78 is 35.7. The largest absolute Gasteiger partial charge is 0.415 e. The normalized spacial score (nSPS) is 14.1. The molecule has 34 heavy (non-hydrogen) atoms. The molecule has 5 rings (SSSR count). The smallest absolute Gasteiger partial charge is 0.268 e. The molecule has 11 heteroatoms. The van der Waals surface area contributed by atoms with Crippen LogP contribution in [0.5, 0.6) is 0 Å². The highest BCUT2D eigenvalue weighted by molar-refractivity contribution is 7.89. The summed E-state index contributed by atoms with van der Waals surface area (Å²) in [7, 11) is -1.94. The van der Waals surface area contributed by atoms with Gasteiger partial charge in [-0.1, -0.05) is 18.2 Å². The molecule has 4 aromatic rings. The SMILES string of the molecule is CC(=O)Nc1ccc(S(=O)(=O)N2CCc3c(c(-c4nnc(-c5ccccc5)o4)nn3C)C2)cc1. The Hall–Kier alpha value is -3.83. The van der Waals surface area contributed by atoms with Crippen LogP contribution in [0.2, 0.25) is 0 Å². The molecule has 0 atom stereocenters. The van der Waals surface area contributed by atoms with Gasteiger partial charge in [-0.2, -0.15) is 9.40 Å². The van der Waals surface area contributed by atoms with Crippen LogP contribution < -0.4 is 5.32 Å². The van der Waals surface area contributed by atoms with Crippen molar-refractivity contribution in [1.82, 2.24) is 24.3 Å². The van der Waals surface area contributed by atoms with Crippen molar-refractivity contribution in [3.8, 4) is 23.0 Å². The van der Waals surface area contributed by atoms with Crippen LogP contribution in [-0.4, -0.2) is 45.2 Å². The van der Waals surface area contributed by atoms with Crippen LogP contribution in [0.15, 0.2) is 63.9 Å². The van der Waals surface area contributed by atoms with Gasteiger partial charge in [-0.25, -0.2) is 8.42 Å². The van der Waals surface area contributed by atoms with E-state index >= 15 is 0 Å². The second kappa shape index (κ2) is 8.50. The first kappa shape index (κ1) is 22.0. The molecular weight excluding hydrogens is 456 g/mol. The van der Waals surface area contributed by atoms with E-state index in [9.17, 15) is 13.2 Å². The van der Waals surface area contributed by atoms with Crippen LogP contribution in [0, 0.1) is 0 Å². The van der Waals surface area contributed by atoms with Crippen molar-refractivity contribution in [2.75, 3.05) is 11.9 Å². The summed E-state index contributed by atoms with van der Waals surface area (Å²) in [5.41, 5.74) is 3.48. The Morgan fingerprint density at radius 3 is 2.44 bits per heavy atom. The number of fused-ring (bicyclic) bond motifs is 1. The van der Waals surface area contributed by atoms with Gasteiger partial charge in [-0.05, 0) is 36.4 Å². The van der Waals surface area contributed by atoms with E-state index in [2.05, 4.69) is 20.6 Å². The fourth-order valence-corrected chi connectivity index (χ4v) is 5.43. The number of hydrogen-bond donors (Lipinski definition) is 1. The zero-order chi connectivity index (χ0) is 23.9. The minimum Gasteiger partial charge on any atom is -0.415 e. The molecular formula is C23H22N6O4S. The summed E-state index contributed by atoms with van der Waals surface area (Å²) >= 11 is 0. The van der Waals surface area contributed by atoms with E-state index in [1.807, 2.05) is 37.4 Å². The quantitative estimate of drug-likeness (QED) is 0.468. The topological polar surface area (TPSA) is 123 Å². The molecule has 2 aromatic heterocycles. The Morgan fingerprint density at radius 1 is 1.03 bits per heavy atom. The number of anilines is 1. The highest BCUT2D eigenvalue weighted by Gasteiger charge is 2.33. The first-order valence-corrected chi connectivity index (χ1v) is 12.1. The lowest BCUT2D eigenvalue weighted by atomic mass is 10.1. The molecule has 0 aliphatic carbocycles. The maximum Gasteiger partial charge on any atom is 0.268 e. The summed E-state index contributed by atoms with van der Waals surface area (Å²) in [5.74, 6) is 0.392. The third-order valence-electron chi connectivity index (χ3n) is 5.67. The highest BCUT2D eigenvalue weighted by atomic mass is 32.2. The van der Waals surface area contributed by atoms with Crippen molar-refractivity contribution < 1.29 is 17.6 Å². The predicted molar refractivity (Wildman–Crippen MR) is 124 cm³/mol. The number of aryl methyl sites for hydroxylation is 1. The molecule has 10 nitrogen and oxygen atoms in total. The summed E-state index contributed by atoms with van der Waals surface area (Å²) in [4.78, 5) is 11.4. The number of nitrogens with one attached hydrogen (secondary N) is 1. The summed E-state index contributed by atoms with van der Waals surface area (Å²) in [6, 6.07) is 15.5. The van der Waals surface area contributed by atoms with Crippen molar-refractivity contribution in [1.29, 1.82) is 0 Å². The lowest BCUT2D eigenvalue weighted by molar-refractivity contribution is -0.114. The average Bonchev–Trinajstić information content (AvgIpc) is 3.44. The van der Waals surface area contributed by atoms with Crippen LogP contribution >= 0.6 is 0 Å². The minimum atomic E-state index is -3.76. The zero-order valence-electron chi connectivity index (χ0n) is 18.6. The van der Waals surface area contributed by atoms with Gasteiger partial charge < -0.3 is 9.73 Å². The van der Waals surface area contributed by atoms with Gasteiger partial charge in [0.25, 0.3) is 5.89 Å². The van der Waals surface area contributed by atoms with E-state index in [4.69, 9.17) is 4.42 Å². The standard InChI is InChI=1S/C23H22N6O4S/c1-15(30)24-17-8-10-18(11-9-17)34(31,32)29-13-12-20-19(14-29)21(27-28(20)2)23-26-25-22(33-23)16-6-4-3-5-7-16/h3-11H,12-14H2,1-2H3,(H,24,30). The predicted octanol–water partition coefficient (Wildman–Crippen LogP) is 2.84. The van der Waals surface area contributed by atoms with E-state index in [0.717, 1.165) is 16.8 Å². The second-order valence-corrected chi connectivity index (χ2v) is 9.91. The third kappa shape index (κ3) is 3.99. The third-order valence-corrected chi connectivity index (χ3v) is 7.53. The highest BCUT2D eigenvalue weighted by Crippen LogP contribution is 2.33. The molecule has 1 amide bonds. The molecule has 0 saturated carbocycles. The van der Waals surface area contributed by atoms with Crippen LogP contribution in [0.4, 0.5) is 5.69 Å². The first-order chi connectivity index (χ1) is 16.3. The molecule has 0 radical (unpaired) electrons. The number of carbonyl (C=O) groups is 1. The number of nitrogens with zero attached hydrogens (tertiary/aromatic N) is 5. The maximum absolute atomic E-state index is 13.3. The van der Waals surface area contributed by atoms with Crippen molar-refractivity contribution in [2.45, 2.75) is 24.8 Å². The maximum atomic E-state index is 13.3. The molecule has 1 N–H and O–H groups in total. The van der Waals surface area contributed by atoms with Gasteiger partial charge in [0.1, 0.15) is 0 Å². The van der Waals surface area contributed by atoms with E-state index in [-0.39, 0.29) is 23.2 Å². The van der Waals surface area contributed by atoms with Crippen LogP contribution in [0.1, 0.15) is 18.2 Å². The van der Waals surface area contributed by atoms with Gasteiger partial charge >= 0.3 is 0 Å². The Balaban J connectivity index is 1.44. The Labute approximate surface area is 196 Å². The Morgan fingerprint density at radius 2 is 1.74 bits per heavy atom. The van der Waals surface area contributed by atoms with Crippen LogP contribution in [0.3, 0.4) is 0 Å². The fourth-order valence-electron chi connectivity index (χ4n) is 4.02. The van der Waals surface area contributed by atoms with Crippen LogP contribution in [-0.2, 0) is 34.8 Å². The number of benzene rings is 2. The number of carbonyl (C=O) groups excluding carboxylic acids is 1. The van der Waals surface area contributed by atoms with Gasteiger partial charge in [-0.15, -0.1) is 10.2 Å². The molecule has 0 unspecified atom stereocenters. The van der Waals surface area contributed by atoms with Gasteiger partial charge in [0.15, 0.2) is 5.69 Å². The van der Waals surface area contributed by atoms with Crippen molar-refractivity contribution in [3.63, 3.8) is 0 Å². The molecule has 0 bridgehead atoms.